The van der Waals surface area contributed by atoms with Gasteiger partial charge >= 0.3 is 0 Å². The molecule has 1 aromatic heterocycles. The summed E-state index contributed by atoms with van der Waals surface area (Å²) in [7, 11) is 0. The third-order valence-corrected chi connectivity index (χ3v) is 3.47. The number of hydrogen-bond acceptors (Lipinski definition) is 3. The van der Waals surface area contributed by atoms with Crippen LogP contribution in [0.3, 0.4) is 0 Å². The molecule has 0 amide bonds. The van der Waals surface area contributed by atoms with Gasteiger partial charge in [-0.05, 0) is 34.5 Å². The molecule has 0 atom stereocenters. The zero-order valence-electron chi connectivity index (χ0n) is 9.93. The van der Waals surface area contributed by atoms with E-state index < -0.39 is 11.6 Å². The second-order valence-corrected chi connectivity index (χ2v) is 4.65. The summed E-state index contributed by atoms with van der Waals surface area (Å²) >= 11 is 2.93. The first-order valence-electron chi connectivity index (χ1n) is 5.48. The highest BCUT2D eigenvalue weighted by atomic mass is 79.9. The van der Waals surface area contributed by atoms with Crippen LogP contribution in [0, 0.1) is 11.6 Å². The van der Waals surface area contributed by atoms with E-state index in [-0.39, 0.29) is 27.2 Å². The predicted octanol–water partition coefficient (Wildman–Crippen LogP) is 2.62. The van der Waals surface area contributed by atoms with Crippen molar-refractivity contribution in [2.75, 3.05) is 5.73 Å². The third kappa shape index (κ3) is 2.37. The number of nitrogens with one attached hydrogen (secondary N) is 1. The quantitative estimate of drug-likeness (QED) is 0.832. The molecule has 19 heavy (non-hydrogen) atoms. The maximum absolute atomic E-state index is 13.5. The molecular weight excluding hydrogens is 320 g/mol. The van der Waals surface area contributed by atoms with Crippen LogP contribution in [0.15, 0.2) is 21.4 Å². The Kier molecular flexibility index (Phi) is 3.66. The Bertz CT molecular complexity index is 700. The van der Waals surface area contributed by atoms with Gasteiger partial charge in [-0.15, -0.1) is 0 Å². The summed E-state index contributed by atoms with van der Waals surface area (Å²) in [5, 5.41) is 0. The number of aromatic amines is 1. The largest absolute Gasteiger partial charge is 0.383 e. The van der Waals surface area contributed by atoms with Crippen LogP contribution in [0.25, 0.3) is 11.4 Å². The summed E-state index contributed by atoms with van der Waals surface area (Å²) in [5.74, 6) is -1.86. The normalized spacial score (nSPS) is 10.7. The standard InChI is InChI=1S/C12H10BrF2N3O/c1-2-5-10(16)17-11(18-12(5)19)6-3-4-7(14)9(15)8(6)13/h3-4H,2H2,1H3,(H3,16,17,18,19). The van der Waals surface area contributed by atoms with Crippen LogP contribution in [-0.2, 0) is 6.42 Å². The van der Waals surface area contributed by atoms with Gasteiger partial charge in [-0.2, -0.15) is 0 Å². The molecule has 0 aliphatic heterocycles. The smallest absolute Gasteiger partial charge is 0.256 e. The molecule has 0 radical (unpaired) electrons. The minimum Gasteiger partial charge on any atom is -0.383 e. The van der Waals surface area contributed by atoms with E-state index in [1.54, 1.807) is 6.92 Å². The molecule has 0 spiro atoms. The Morgan fingerprint density at radius 3 is 2.68 bits per heavy atom. The molecule has 0 fully saturated rings. The zero-order valence-corrected chi connectivity index (χ0v) is 11.5. The zero-order chi connectivity index (χ0) is 14.2. The first-order chi connectivity index (χ1) is 8.95. The van der Waals surface area contributed by atoms with Crippen molar-refractivity contribution in [2.24, 2.45) is 0 Å². The average molecular weight is 330 g/mol. The fourth-order valence-corrected chi connectivity index (χ4v) is 2.20. The Balaban J connectivity index is 2.67. The molecule has 100 valence electrons. The Morgan fingerprint density at radius 1 is 1.42 bits per heavy atom. The number of aromatic nitrogens is 2. The number of benzene rings is 1. The second-order valence-electron chi connectivity index (χ2n) is 3.85. The summed E-state index contributed by atoms with van der Waals surface area (Å²) in [5.41, 5.74) is 5.88. The minimum atomic E-state index is -1.04. The van der Waals surface area contributed by atoms with Gasteiger partial charge in [0, 0.05) is 5.56 Å². The van der Waals surface area contributed by atoms with Gasteiger partial charge in [0.05, 0.1) is 10.0 Å². The number of nitrogen functional groups attached to an aromatic ring is 1. The monoisotopic (exact) mass is 329 g/mol. The summed E-state index contributed by atoms with van der Waals surface area (Å²) in [4.78, 5) is 18.3. The molecule has 1 heterocycles. The van der Waals surface area contributed by atoms with Gasteiger partial charge in [0.2, 0.25) is 0 Å². The summed E-state index contributed by atoms with van der Waals surface area (Å²) in [6.45, 7) is 1.77. The van der Waals surface area contributed by atoms with Gasteiger partial charge in [-0.1, -0.05) is 6.92 Å². The lowest BCUT2D eigenvalue weighted by Gasteiger charge is -2.08. The SMILES string of the molecule is CCc1c(N)nc(-c2ccc(F)c(F)c2Br)[nH]c1=O. The lowest BCUT2D eigenvalue weighted by atomic mass is 10.2. The van der Waals surface area contributed by atoms with Crippen molar-refractivity contribution in [1.82, 2.24) is 9.97 Å². The second kappa shape index (κ2) is 5.08. The number of rotatable bonds is 2. The number of nitrogens with zero attached hydrogens (tertiary/aromatic N) is 1. The number of anilines is 1. The van der Waals surface area contributed by atoms with Crippen LogP contribution >= 0.6 is 15.9 Å². The highest BCUT2D eigenvalue weighted by molar-refractivity contribution is 9.10. The fourth-order valence-electron chi connectivity index (χ4n) is 1.69. The molecule has 7 heteroatoms. The summed E-state index contributed by atoms with van der Waals surface area (Å²) in [6.07, 6.45) is 0.438. The molecule has 2 rings (SSSR count). The summed E-state index contributed by atoms with van der Waals surface area (Å²) < 4.78 is 26.4. The van der Waals surface area contributed by atoms with Crippen molar-refractivity contribution in [3.63, 3.8) is 0 Å². The minimum absolute atomic E-state index is 0.0814. The van der Waals surface area contributed by atoms with E-state index in [9.17, 15) is 13.6 Å². The van der Waals surface area contributed by atoms with E-state index in [0.29, 0.717) is 12.0 Å². The molecule has 4 nitrogen and oxygen atoms in total. The van der Waals surface area contributed by atoms with Gasteiger partial charge in [0.1, 0.15) is 11.6 Å². The van der Waals surface area contributed by atoms with E-state index in [1.165, 1.54) is 6.07 Å². The molecule has 3 N–H and O–H groups in total. The number of halogens is 3. The van der Waals surface area contributed by atoms with Crippen molar-refractivity contribution >= 4 is 21.7 Å². The Hall–Kier alpha value is -1.76. The van der Waals surface area contributed by atoms with Gasteiger partial charge < -0.3 is 10.7 Å². The molecular formula is C12H10BrF2N3O. The van der Waals surface area contributed by atoms with Crippen LogP contribution < -0.4 is 11.3 Å². The molecule has 0 saturated carbocycles. The van der Waals surface area contributed by atoms with Crippen molar-refractivity contribution in [2.45, 2.75) is 13.3 Å². The number of H-pyrrole nitrogens is 1. The van der Waals surface area contributed by atoms with E-state index in [4.69, 9.17) is 5.73 Å². The van der Waals surface area contributed by atoms with E-state index in [0.717, 1.165) is 6.07 Å². The van der Waals surface area contributed by atoms with E-state index in [2.05, 4.69) is 25.9 Å². The summed E-state index contributed by atoms with van der Waals surface area (Å²) in [6, 6.07) is 2.27. The first-order valence-corrected chi connectivity index (χ1v) is 6.27. The van der Waals surface area contributed by atoms with Gasteiger partial charge in [-0.25, -0.2) is 13.8 Å². The lowest BCUT2D eigenvalue weighted by Crippen LogP contribution is -2.17. The van der Waals surface area contributed by atoms with Gasteiger partial charge in [0.15, 0.2) is 11.6 Å². The van der Waals surface area contributed by atoms with Crippen LogP contribution in [0.2, 0.25) is 0 Å². The van der Waals surface area contributed by atoms with Crippen molar-refractivity contribution in [3.05, 3.63) is 44.2 Å². The van der Waals surface area contributed by atoms with Crippen LogP contribution in [-0.4, -0.2) is 9.97 Å². The molecule has 0 bridgehead atoms. The lowest BCUT2D eigenvalue weighted by molar-refractivity contribution is 0.504. The highest BCUT2D eigenvalue weighted by Crippen LogP contribution is 2.29. The van der Waals surface area contributed by atoms with Crippen molar-refractivity contribution in [3.8, 4) is 11.4 Å². The molecule has 0 aliphatic carbocycles. The molecule has 2 aromatic rings. The van der Waals surface area contributed by atoms with Crippen LogP contribution in [0.4, 0.5) is 14.6 Å². The van der Waals surface area contributed by atoms with Crippen LogP contribution in [0.1, 0.15) is 12.5 Å². The maximum atomic E-state index is 13.5. The van der Waals surface area contributed by atoms with E-state index >= 15 is 0 Å². The third-order valence-electron chi connectivity index (χ3n) is 2.69. The topological polar surface area (TPSA) is 71.8 Å². The molecule has 1 aromatic carbocycles. The number of nitrogens with two attached hydrogens (primary N) is 1. The molecule has 0 unspecified atom stereocenters. The van der Waals surface area contributed by atoms with Gasteiger partial charge in [0.25, 0.3) is 5.56 Å². The number of hydrogen-bond donors (Lipinski definition) is 2. The Labute approximate surface area is 115 Å². The molecule has 0 aliphatic rings. The fraction of sp³-hybridized carbons (Fsp3) is 0.167. The predicted molar refractivity (Wildman–Crippen MR) is 71.7 cm³/mol. The van der Waals surface area contributed by atoms with Crippen molar-refractivity contribution < 1.29 is 8.78 Å². The van der Waals surface area contributed by atoms with E-state index in [1.807, 2.05) is 0 Å². The van der Waals surface area contributed by atoms with Gasteiger partial charge in [-0.3, -0.25) is 4.79 Å². The molecule has 0 saturated heterocycles. The average Bonchev–Trinajstić information content (AvgIpc) is 2.35. The van der Waals surface area contributed by atoms with Crippen molar-refractivity contribution in [1.29, 1.82) is 0 Å². The Morgan fingerprint density at radius 2 is 2.11 bits per heavy atom. The van der Waals surface area contributed by atoms with Crippen LogP contribution in [0.5, 0.6) is 0 Å². The first kappa shape index (κ1) is 13.7. The highest BCUT2D eigenvalue weighted by Gasteiger charge is 2.16. The maximum Gasteiger partial charge on any atom is 0.256 e.